The Morgan fingerprint density at radius 2 is 1.77 bits per heavy atom. The first kappa shape index (κ1) is 23.5. The number of nitrogens with zero attached hydrogens (tertiary/aromatic N) is 2. The first-order valence-corrected chi connectivity index (χ1v) is 10.3. The number of anilines is 3. The number of rotatable bonds is 7. The van der Waals surface area contributed by atoms with Crippen LogP contribution in [-0.4, -0.2) is 27.0 Å². The summed E-state index contributed by atoms with van der Waals surface area (Å²) in [6, 6.07) is 16.3. The molecule has 4 aromatic rings. The molecule has 0 bridgehead atoms. The molecule has 11 heteroatoms. The quantitative estimate of drug-likeness (QED) is 0.310. The highest BCUT2D eigenvalue weighted by molar-refractivity contribution is 6.04. The van der Waals surface area contributed by atoms with Crippen LogP contribution in [0.4, 0.5) is 30.5 Å². The van der Waals surface area contributed by atoms with Crippen molar-refractivity contribution in [1.82, 2.24) is 15.2 Å². The van der Waals surface area contributed by atoms with E-state index in [0.29, 0.717) is 22.8 Å². The second-order valence-electron chi connectivity index (χ2n) is 7.53. The van der Waals surface area contributed by atoms with Crippen LogP contribution in [0, 0.1) is 0 Å². The van der Waals surface area contributed by atoms with Crippen LogP contribution in [0.5, 0.6) is 0 Å². The molecule has 0 aliphatic rings. The van der Waals surface area contributed by atoms with Crippen molar-refractivity contribution in [3.8, 4) is 11.3 Å². The first-order chi connectivity index (χ1) is 16.7. The molecule has 0 aliphatic carbocycles. The number of aromatic amines is 1. The molecule has 0 unspecified atom stereocenters. The fourth-order valence-corrected chi connectivity index (χ4v) is 3.41. The van der Waals surface area contributed by atoms with E-state index in [1.807, 2.05) is 0 Å². The van der Waals surface area contributed by atoms with Crippen molar-refractivity contribution in [2.24, 2.45) is 5.73 Å². The Kier molecular flexibility index (Phi) is 6.49. The number of benzene rings is 2. The van der Waals surface area contributed by atoms with Gasteiger partial charge < -0.3 is 16.4 Å². The van der Waals surface area contributed by atoms with E-state index in [2.05, 4.69) is 25.8 Å². The van der Waals surface area contributed by atoms with Gasteiger partial charge in [-0.3, -0.25) is 14.7 Å². The third-order valence-corrected chi connectivity index (χ3v) is 4.99. The van der Waals surface area contributed by atoms with Gasteiger partial charge in [0.2, 0.25) is 5.91 Å². The van der Waals surface area contributed by atoms with Crippen molar-refractivity contribution in [3.63, 3.8) is 0 Å². The van der Waals surface area contributed by atoms with E-state index in [9.17, 15) is 22.8 Å². The number of pyridine rings is 1. The Hall–Kier alpha value is -4.67. The molecule has 0 spiro atoms. The van der Waals surface area contributed by atoms with Crippen molar-refractivity contribution in [2.45, 2.75) is 12.6 Å². The van der Waals surface area contributed by atoms with Crippen molar-refractivity contribution in [2.75, 3.05) is 10.6 Å². The van der Waals surface area contributed by atoms with E-state index in [4.69, 9.17) is 5.73 Å². The fourth-order valence-electron chi connectivity index (χ4n) is 3.41. The van der Waals surface area contributed by atoms with Crippen LogP contribution >= 0.6 is 0 Å². The number of primary amides is 1. The van der Waals surface area contributed by atoms with Gasteiger partial charge in [0.1, 0.15) is 22.9 Å². The number of amides is 2. The van der Waals surface area contributed by atoms with Gasteiger partial charge in [0.05, 0.1) is 12.0 Å². The van der Waals surface area contributed by atoms with Gasteiger partial charge in [-0.05, 0) is 35.9 Å². The second-order valence-corrected chi connectivity index (χ2v) is 7.53. The van der Waals surface area contributed by atoms with Crippen molar-refractivity contribution in [1.29, 1.82) is 0 Å². The Bertz CT molecular complexity index is 1350. The molecule has 2 heterocycles. The lowest BCUT2D eigenvalue weighted by Gasteiger charge is -2.10. The van der Waals surface area contributed by atoms with Crippen LogP contribution < -0.4 is 16.4 Å². The molecule has 2 amide bonds. The van der Waals surface area contributed by atoms with Crippen LogP contribution in [0.1, 0.15) is 21.5 Å². The summed E-state index contributed by atoms with van der Waals surface area (Å²) in [5.41, 5.74) is 6.42. The SMILES string of the molecule is NC(=O)c1c(-c2ccc(NC(=O)Cc3cccc(C(F)(F)F)c3)cc2)n[nH]c1Nc1ccccn1. The van der Waals surface area contributed by atoms with Gasteiger partial charge in [-0.25, -0.2) is 4.98 Å². The summed E-state index contributed by atoms with van der Waals surface area (Å²) in [6.07, 6.45) is -3.12. The standard InChI is InChI=1S/C24H19F3N6O2/c25-24(26,27)16-5-3-4-14(12-16)13-19(34)30-17-9-7-15(8-10-17)21-20(22(28)35)23(33-32-21)31-18-6-1-2-11-29-18/h1-12H,13H2,(H2,28,35)(H,30,34)(H2,29,31,32,33). The lowest BCUT2D eigenvalue weighted by atomic mass is 10.1. The van der Waals surface area contributed by atoms with Crippen molar-refractivity contribution in [3.05, 3.63) is 89.6 Å². The van der Waals surface area contributed by atoms with Gasteiger partial charge >= 0.3 is 6.18 Å². The van der Waals surface area contributed by atoms with E-state index >= 15 is 0 Å². The van der Waals surface area contributed by atoms with Crippen LogP contribution in [0.3, 0.4) is 0 Å². The van der Waals surface area contributed by atoms with E-state index in [1.54, 1.807) is 48.7 Å². The number of hydrogen-bond acceptors (Lipinski definition) is 5. The zero-order valence-electron chi connectivity index (χ0n) is 18.1. The largest absolute Gasteiger partial charge is 0.416 e. The first-order valence-electron chi connectivity index (χ1n) is 10.3. The summed E-state index contributed by atoms with van der Waals surface area (Å²) in [7, 11) is 0. The van der Waals surface area contributed by atoms with Gasteiger partial charge in [-0.2, -0.15) is 18.3 Å². The van der Waals surface area contributed by atoms with E-state index in [1.165, 1.54) is 12.1 Å². The summed E-state index contributed by atoms with van der Waals surface area (Å²) >= 11 is 0. The Morgan fingerprint density at radius 3 is 2.43 bits per heavy atom. The summed E-state index contributed by atoms with van der Waals surface area (Å²) in [5, 5.41) is 12.5. The van der Waals surface area contributed by atoms with Gasteiger partial charge in [-0.1, -0.05) is 36.4 Å². The smallest absolute Gasteiger partial charge is 0.365 e. The number of halogens is 3. The highest BCUT2D eigenvalue weighted by Crippen LogP contribution is 2.30. The average molecular weight is 480 g/mol. The Balaban J connectivity index is 1.47. The predicted octanol–water partition coefficient (Wildman–Crippen LogP) is 4.51. The van der Waals surface area contributed by atoms with Gasteiger partial charge in [0.25, 0.3) is 5.91 Å². The normalized spacial score (nSPS) is 11.2. The molecular weight excluding hydrogens is 461 g/mol. The maximum Gasteiger partial charge on any atom is 0.416 e. The highest BCUT2D eigenvalue weighted by Gasteiger charge is 2.30. The molecule has 0 aliphatic heterocycles. The number of hydrogen-bond donors (Lipinski definition) is 4. The number of alkyl halides is 3. The summed E-state index contributed by atoms with van der Waals surface area (Å²) < 4.78 is 38.6. The minimum atomic E-state index is -4.48. The lowest BCUT2D eigenvalue weighted by Crippen LogP contribution is -2.15. The van der Waals surface area contributed by atoms with E-state index < -0.39 is 23.6 Å². The Labute approximate surface area is 197 Å². The number of nitrogens with two attached hydrogens (primary N) is 1. The molecule has 178 valence electrons. The maximum atomic E-state index is 12.9. The minimum Gasteiger partial charge on any atom is -0.365 e. The molecule has 4 rings (SSSR count). The summed E-state index contributed by atoms with van der Waals surface area (Å²) in [5.74, 6) is -0.407. The van der Waals surface area contributed by atoms with Crippen LogP contribution in [-0.2, 0) is 17.4 Å². The van der Waals surface area contributed by atoms with Gasteiger partial charge in [-0.15, -0.1) is 0 Å². The van der Waals surface area contributed by atoms with Crippen LogP contribution in [0.2, 0.25) is 0 Å². The number of aromatic nitrogens is 3. The lowest BCUT2D eigenvalue weighted by molar-refractivity contribution is -0.137. The van der Waals surface area contributed by atoms with Crippen LogP contribution in [0.25, 0.3) is 11.3 Å². The number of nitrogens with one attached hydrogen (secondary N) is 3. The van der Waals surface area contributed by atoms with Crippen molar-refractivity contribution < 1.29 is 22.8 Å². The monoisotopic (exact) mass is 480 g/mol. The number of H-pyrrole nitrogens is 1. The van der Waals surface area contributed by atoms with E-state index in [-0.39, 0.29) is 23.4 Å². The third kappa shape index (κ3) is 5.64. The molecule has 0 fully saturated rings. The minimum absolute atomic E-state index is 0.136. The average Bonchev–Trinajstić information content (AvgIpc) is 3.23. The van der Waals surface area contributed by atoms with E-state index in [0.717, 1.165) is 12.1 Å². The van der Waals surface area contributed by atoms with Gasteiger partial charge in [0, 0.05) is 17.4 Å². The molecule has 35 heavy (non-hydrogen) atoms. The van der Waals surface area contributed by atoms with Crippen LogP contribution in [0.15, 0.2) is 72.9 Å². The maximum absolute atomic E-state index is 12.9. The number of carbonyl (C=O) groups is 2. The highest BCUT2D eigenvalue weighted by atomic mass is 19.4. The molecule has 2 aromatic carbocycles. The molecular formula is C24H19F3N6O2. The zero-order chi connectivity index (χ0) is 25.0. The Morgan fingerprint density at radius 1 is 1.00 bits per heavy atom. The topological polar surface area (TPSA) is 126 Å². The molecule has 5 N–H and O–H groups in total. The molecule has 2 aromatic heterocycles. The second kappa shape index (κ2) is 9.67. The number of carbonyl (C=O) groups excluding carboxylic acids is 2. The molecule has 0 atom stereocenters. The van der Waals surface area contributed by atoms with Gasteiger partial charge in [0.15, 0.2) is 0 Å². The van der Waals surface area contributed by atoms with Crippen molar-refractivity contribution >= 4 is 29.1 Å². The predicted molar refractivity (Wildman–Crippen MR) is 124 cm³/mol. The molecule has 8 nitrogen and oxygen atoms in total. The molecule has 0 saturated carbocycles. The molecule has 0 radical (unpaired) electrons. The molecule has 0 saturated heterocycles. The fraction of sp³-hybridized carbons (Fsp3) is 0.0833. The zero-order valence-corrected chi connectivity index (χ0v) is 18.1. The summed E-state index contributed by atoms with van der Waals surface area (Å²) in [6.45, 7) is 0. The summed E-state index contributed by atoms with van der Waals surface area (Å²) in [4.78, 5) is 28.6. The third-order valence-electron chi connectivity index (χ3n) is 4.99.